The Kier molecular flexibility index (Phi) is 5.89. The number of aromatic nitrogens is 2. The molecule has 0 spiro atoms. The second-order valence-corrected chi connectivity index (χ2v) is 6.99. The smallest absolute Gasteiger partial charge is 0.125 e. The molecule has 1 aromatic heterocycles. The lowest BCUT2D eigenvalue weighted by molar-refractivity contribution is 0.204. The van der Waals surface area contributed by atoms with Gasteiger partial charge in [-0.15, -0.1) is 0 Å². The van der Waals surface area contributed by atoms with Crippen molar-refractivity contribution in [1.29, 1.82) is 0 Å². The van der Waals surface area contributed by atoms with Crippen LogP contribution in [0.25, 0.3) is 11.3 Å². The molecule has 0 fully saturated rings. The highest BCUT2D eigenvalue weighted by Crippen LogP contribution is 2.27. The summed E-state index contributed by atoms with van der Waals surface area (Å²) in [5, 5.41) is 0. The van der Waals surface area contributed by atoms with Crippen LogP contribution < -0.4 is 10.5 Å². The largest absolute Gasteiger partial charge is 0.491 e. The van der Waals surface area contributed by atoms with Crippen LogP contribution in [0.5, 0.6) is 5.75 Å². The molecule has 4 nitrogen and oxygen atoms in total. The molecule has 0 saturated carbocycles. The van der Waals surface area contributed by atoms with E-state index in [4.69, 9.17) is 10.5 Å². The molecule has 2 N–H and O–H groups in total. The Morgan fingerprint density at radius 2 is 2.04 bits per heavy atom. The first-order valence-corrected chi connectivity index (χ1v) is 8.21. The van der Waals surface area contributed by atoms with E-state index in [2.05, 4.69) is 23.8 Å². The maximum Gasteiger partial charge on any atom is 0.125 e. The Bertz CT molecular complexity index is 686. The van der Waals surface area contributed by atoms with Gasteiger partial charge in [-0.05, 0) is 50.5 Å². The van der Waals surface area contributed by atoms with Gasteiger partial charge in [0.05, 0.1) is 5.69 Å². The van der Waals surface area contributed by atoms with Gasteiger partial charge in [-0.1, -0.05) is 13.8 Å². The first-order chi connectivity index (χ1) is 11.3. The molecule has 24 heavy (non-hydrogen) atoms. The van der Waals surface area contributed by atoms with E-state index in [1.807, 2.05) is 26.0 Å². The van der Waals surface area contributed by atoms with E-state index in [1.54, 1.807) is 18.3 Å². The maximum absolute atomic E-state index is 13.4. The van der Waals surface area contributed by atoms with E-state index in [0.29, 0.717) is 29.7 Å². The highest BCUT2D eigenvalue weighted by Gasteiger charge is 2.21. The molecule has 0 aliphatic heterocycles. The van der Waals surface area contributed by atoms with E-state index < -0.39 is 12.2 Å². The van der Waals surface area contributed by atoms with Crippen molar-refractivity contribution >= 4 is 0 Å². The molecule has 0 unspecified atom stereocenters. The van der Waals surface area contributed by atoms with Gasteiger partial charge in [-0.2, -0.15) is 0 Å². The summed E-state index contributed by atoms with van der Waals surface area (Å²) in [6.07, 6.45) is 2.54. The molecule has 5 heteroatoms. The summed E-state index contributed by atoms with van der Waals surface area (Å²) in [5.41, 5.74) is 7.94. The molecule has 2 rings (SSSR count). The summed E-state index contributed by atoms with van der Waals surface area (Å²) < 4.78 is 19.3. The van der Waals surface area contributed by atoms with Crippen molar-refractivity contribution in [2.75, 3.05) is 6.61 Å². The summed E-state index contributed by atoms with van der Waals surface area (Å²) >= 11 is 0. The lowest BCUT2D eigenvalue weighted by atomic mass is 9.93. The van der Waals surface area contributed by atoms with E-state index in [0.717, 1.165) is 17.7 Å². The maximum atomic E-state index is 13.4. The number of hydrogen-bond donors (Lipinski definition) is 1. The third kappa shape index (κ3) is 4.99. The summed E-state index contributed by atoms with van der Waals surface area (Å²) in [4.78, 5) is 8.45. The lowest BCUT2D eigenvalue weighted by Crippen LogP contribution is -2.43. The number of nitrogens with zero attached hydrogens (tertiary/aromatic N) is 2. The van der Waals surface area contributed by atoms with Gasteiger partial charge < -0.3 is 10.5 Å². The number of aryl methyl sites for hydroxylation is 1. The van der Waals surface area contributed by atoms with Crippen LogP contribution in [0.1, 0.15) is 38.6 Å². The van der Waals surface area contributed by atoms with Crippen LogP contribution in [0.15, 0.2) is 30.5 Å². The summed E-state index contributed by atoms with van der Waals surface area (Å²) in [6.45, 7) is 7.78. The molecule has 0 aliphatic rings. The van der Waals surface area contributed by atoms with E-state index in [9.17, 15) is 4.39 Å². The van der Waals surface area contributed by atoms with Crippen LogP contribution in [-0.2, 0) is 6.67 Å². The standard InChI is InChI=1S/C19H26FN3O/c1-13(2)10-19(4,21)12-24-18-6-5-15(9-16(18)11-20)17-7-8-22-14(3)23-17/h5-9,13H,10-12,21H2,1-4H3/t19-/m0/s1. The highest BCUT2D eigenvalue weighted by molar-refractivity contribution is 5.61. The number of hydrogen-bond acceptors (Lipinski definition) is 4. The number of nitrogens with two attached hydrogens (primary N) is 1. The molecule has 1 heterocycles. The number of halogens is 1. The van der Waals surface area contributed by atoms with Crippen molar-refractivity contribution in [3.8, 4) is 17.0 Å². The topological polar surface area (TPSA) is 61.0 Å². The van der Waals surface area contributed by atoms with Crippen molar-refractivity contribution in [1.82, 2.24) is 9.97 Å². The number of benzene rings is 1. The zero-order valence-electron chi connectivity index (χ0n) is 14.8. The van der Waals surface area contributed by atoms with E-state index in [1.165, 1.54) is 0 Å². The average Bonchev–Trinajstić information content (AvgIpc) is 2.51. The monoisotopic (exact) mass is 331 g/mol. The second-order valence-electron chi connectivity index (χ2n) is 6.99. The SMILES string of the molecule is Cc1nccc(-c2ccc(OC[C@@](C)(N)CC(C)C)c(CF)c2)n1. The molecular formula is C19H26FN3O. The van der Waals surface area contributed by atoms with Gasteiger partial charge in [-0.3, -0.25) is 0 Å². The zero-order chi connectivity index (χ0) is 17.7. The third-order valence-electron chi connectivity index (χ3n) is 3.71. The quantitative estimate of drug-likeness (QED) is 0.831. The van der Waals surface area contributed by atoms with Gasteiger partial charge in [0.15, 0.2) is 0 Å². The predicted molar refractivity (Wildman–Crippen MR) is 94.6 cm³/mol. The van der Waals surface area contributed by atoms with Gasteiger partial charge in [0.25, 0.3) is 0 Å². The molecular weight excluding hydrogens is 305 g/mol. The minimum absolute atomic E-state index is 0.351. The van der Waals surface area contributed by atoms with Crippen molar-refractivity contribution in [3.05, 3.63) is 41.9 Å². The van der Waals surface area contributed by atoms with E-state index >= 15 is 0 Å². The fraction of sp³-hybridized carbons (Fsp3) is 0.474. The molecule has 0 saturated heterocycles. The molecule has 0 amide bonds. The fourth-order valence-corrected chi connectivity index (χ4v) is 2.84. The molecule has 2 aromatic rings. The van der Waals surface area contributed by atoms with Crippen molar-refractivity contribution in [2.24, 2.45) is 11.7 Å². The van der Waals surface area contributed by atoms with Crippen LogP contribution in [0.3, 0.4) is 0 Å². The van der Waals surface area contributed by atoms with E-state index in [-0.39, 0.29) is 0 Å². The normalized spacial score (nSPS) is 13.8. The third-order valence-corrected chi connectivity index (χ3v) is 3.71. The van der Waals surface area contributed by atoms with Crippen LogP contribution in [0, 0.1) is 12.8 Å². The number of ether oxygens (including phenoxy) is 1. The molecule has 0 radical (unpaired) electrons. The van der Waals surface area contributed by atoms with Gasteiger partial charge in [-0.25, -0.2) is 14.4 Å². The van der Waals surface area contributed by atoms with Gasteiger partial charge in [0.2, 0.25) is 0 Å². The molecule has 0 bridgehead atoms. The Morgan fingerprint density at radius 3 is 2.67 bits per heavy atom. The number of rotatable bonds is 7. The van der Waals surface area contributed by atoms with Crippen molar-refractivity contribution in [2.45, 2.75) is 46.3 Å². The first-order valence-electron chi connectivity index (χ1n) is 8.21. The van der Waals surface area contributed by atoms with Crippen LogP contribution in [0.2, 0.25) is 0 Å². The number of alkyl halides is 1. The van der Waals surface area contributed by atoms with Gasteiger partial charge in [0, 0.05) is 22.9 Å². The predicted octanol–water partition coefficient (Wildman–Crippen LogP) is 4.06. The first kappa shape index (κ1) is 18.3. The van der Waals surface area contributed by atoms with Crippen LogP contribution >= 0.6 is 0 Å². The highest BCUT2D eigenvalue weighted by atomic mass is 19.1. The molecule has 0 aliphatic carbocycles. The van der Waals surface area contributed by atoms with Crippen molar-refractivity contribution < 1.29 is 9.13 Å². The molecule has 130 valence electrons. The minimum atomic E-state index is -0.599. The minimum Gasteiger partial charge on any atom is -0.491 e. The Hall–Kier alpha value is -2.01. The zero-order valence-corrected chi connectivity index (χ0v) is 14.8. The summed E-state index contributed by atoms with van der Waals surface area (Å²) in [5.74, 6) is 1.70. The van der Waals surface area contributed by atoms with Gasteiger partial charge in [0.1, 0.15) is 24.9 Å². The Morgan fingerprint density at radius 1 is 1.29 bits per heavy atom. The van der Waals surface area contributed by atoms with Gasteiger partial charge >= 0.3 is 0 Å². The average molecular weight is 331 g/mol. The Balaban J connectivity index is 2.17. The fourth-order valence-electron chi connectivity index (χ4n) is 2.84. The summed E-state index contributed by atoms with van der Waals surface area (Å²) in [7, 11) is 0. The lowest BCUT2D eigenvalue weighted by Gasteiger charge is -2.27. The second kappa shape index (κ2) is 7.71. The van der Waals surface area contributed by atoms with Crippen LogP contribution in [0.4, 0.5) is 4.39 Å². The summed E-state index contributed by atoms with van der Waals surface area (Å²) in [6, 6.07) is 7.25. The Labute approximate surface area is 143 Å². The molecule has 1 atom stereocenters. The molecule has 1 aromatic carbocycles. The van der Waals surface area contributed by atoms with Crippen LogP contribution in [-0.4, -0.2) is 22.1 Å². The van der Waals surface area contributed by atoms with Crippen molar-refractivity contribution in [3.63, 3.8) is 0 Å².